The summed E-state index contributed by atoms with van der Waals surface area (Å²) in [5.41, 5.74) is 6.48. The number of nitrogens with two attached hydrogens (primary N) is 1. The Hall–Kier alpha value is -1.13. The van der Waals surface area contributed by atoms with Crippen molar-refractivity contribution in [3.05, 3.63) is 0 Å². The van der Waals surface area contributed by atoms with Crippen LogP contribution in [-0.2, 0) is 4.79 Å². The average Bonchev–Trinajstić information content (AvgIpc) is 2.83. The van der Waals surface area contributed by atoms with Gasteiger partial charge in [-0.3, -0.25) is 15.1 Å². The van der Waals surface area contributed by atoms with E-state index in [4.69, 9.17) is 5.73 Å². The van der Waals surface area contributed by atoms with Crippen LogP contribution in [0.2, 0.25) is 0 Å². The Bertz CT molecular complexity index is 655. The Balaban J connectivity index is 1.75. The third-order valence-corrected chi connectivity index (χ3v) is 7.92. The summed E-state index contributed by atoms with van der Waals surface area (Å²) in [4.78, 5) is 18.0. The predicted octanol–water partition coefficient (Wildman–Crippen LogP) is 0.734. The van der Waals surface area contributed by atoms with Crippen LogP contribution in [0.1, 0.15) is 53.4 Å². The molecule has 0 aliphatic carbocycles. The van der Waals surface area contributed by atoms with Crippen LogP contribution in [0.15, 0.2) is 4.99 Å². The largest absolute Gasteiger partial charge is 0.351 e. The van der Waals surface area contributed by atoms with E-state index in [9.17, 15) is 9.18 Å². The molecule has 7 atom stereocenters. The number of rotatable bonds is 6. The van der Waals surface area contributed by atoms with Crippen molar-refractivity contribution in [3.8, 4) is 0 Å². The summed E-state index contributed by atoms with van der Waals surface area (Å²) in [5, 5.41) is 17.0. The molecule has 0 spiro atoms. The summed E-state index contributed by atoms with van der Waals surface area (Å²) in [7, 11) is 0. The Labute approximate surface area is 198 Å². The van der Waals surface area contributed by atoms with Crippen LogP contribution >= 0.6 is 0 Å². The van der Waals surface area contributed by atoms with Crippen molar-refractivity contribution < 1.29 is 9.18 Å². The lowest BCUT2D eigenvalue weighted by Gasteiger charge is -2.41. The van der Waals surface area contributed by atoms with Crippen molar-refractivity contribution in [1.29, 1.82) is 0 Å². The van der Waals surface area contributed by atoms with Crippen LogP contribution in [-0.4, -0.2) is 75.4 Å². The number of hydrogen-bond acceptors (Lipinski definition) is 7. The minimum Gasteiger partial charge on any atom is -0.351 e. The summed E-state index contributed by atoms with van der Waals surface area (Å²) in [6.07, 6.45) is 2.91. The second-order valence-corrected chi connectivity index (χ2v) is 10.9. The van der Waals surface area contributed by atoms with Gasteiger partial charge < -0.3 is 27.0 Å². The fraction of sp³-hybridized carbons (Fsp3) is 0.917. The summed E-state index contributed by atoms with van der Waals surface area (Å²) in [6, 6.07) is -0.514. The highest BCUT2D eigenvalue weighted by Gasteiger charge is 2.40. The van der Waals surface area contributed by atoms with E-state index >= 15 is 0 Å². The van der Waals surface area contributed by atoms with Crippen molar-refractivity contribution in [1.82, 2.24) is 26.6 Å². The molecule has 0 bridgehead atoms. The lowest BCUT2D eigenvalue weighted by atomic mass is 9.77. The molecule has 8 nitrogen and oxygen atoms in total. The van der Waals surface area contributed by atoms with E-state index in [0.717, 1.165) is 52.1 Å². The molecule has 7 unspecified atom stereocenters. The molecule has 3 aliphatic heterocycles. The van der Waals surface area contributed by atoms with Gasteiger partial charge in [0.1, 0.15) is 6.17 Å². The number of piperidine rings is 1. The van der Waals surface area contributed by atoms with Gasteiger partial charge in [-0.15, -0.1) is 0 Å². The summed E-state index contributed by atoms with van der Waals surface area (Å²) in [5.74, 6) is 0.192. The molecule has 0 aromatic heterocycles. The monoisotopic (exact) mass is 467 g/mol. The van der Waals surface area contributed by atoms with Gasteiger partial charge in [0.05, 0.1) is 18.1 Å². The number of hydrogen-bond donors (Lipinski definition) is 6. The molecule has 3 rings (SSSR count). The van der Waals surface area contributed by atoms with E-state index < -0.39 is 24.3 Å². The topological polar surface area (TPSA) is 116 Å². The van der Waals surface area contributed by atoms with E-state index in [1.807, 2.05) is 6.92 Å². The maximum absolute atomic E-state index is 14.7. The van der Waals surface area contributed by atoms with Gasteiger partial charge >= 0.3 is 0 Å². The van der Waals surface area contributed by atoms with Gasteiger partial charge in [-0.2, -0.15) is 0 Å². The van der Waals surface area contributed by atoms with Gasteiger partial charge in [0, 0.05) is 44.6 Å². The SMILES string of the molecule is CCCC(C)(C)C1CC(F)/C=N\C(C)C(C(=O)NC2CNCCC2C2CNCNC2)C(N)N1. The van der Waals surface area contributed by atoms with E-state index in [0.29, 0.717) is 18.3 Å². The van der Waals surface area contributed by atoms with E-state index in [1.165, 1.54) is 6.21 Å². The predicted molar refractivity (Wildman–Crippen MR) is 132 cm³/mol. The van der Waals surface area contributed by atoms with Gasteiger partial charge in [-0.05, 0) is 50.0 Å². The van der Waals surface area contributed by atoms with Crippen LogP contribution in [0.5, 0.6) is 0 Å². The van der Waals surface area contributed by atoms with Crippen LogP contribution in [0.25, 0.3) is 0 Å². The Morgan fingerprint density at radius 2 is 1.97 bits per heavy atom. The molecule has 0 saturated carbocycles. The summed E-state index contributed by atoms with van der Waals surface area (Å²) < 4.78 is 14.7. The van der Waals surface area contributed by atoms with Gasteiger partial charge in [-0.25, -0.2) is 4.39 Å². The second-order valence-electron chi connectivity index (χ2n) is 10.9. The highest BCUT2D eigenvalue weighted by atomic mass is 19.1. The quantitative estimate of drug-likeness (QED) is 0.343. The maximum Gasteiger partial charge on any atom is 0.228 e. The minimum atomic E-state index is -1.16. The molecule has 3 aliphatic rings. The maximum atomic E-state index is 14.7. The molecule has 7 N–H and O–H groups in total. The number of aliphatic imine (C=N–C) groups is 1. The zero-order valence-corrected chi connectivity index (χ0v) is 20.9. The summed E-state index contributed by atoms with van der Waals surface area (Å²) in [6.45, 7) is 12.7. The number of nitrogens with zero attached hydrogens (tertiary/aromatic N) is 1. The molecule has 2 saturated heterocycles. The zero-order chi connectivity index (χ0) is 24.0. The van der Waals surface area contributed by atoms with Crippen LogP contribution in [0, 0.1) is 23.2 Å². The zero-order valence-electron chi connectivity index (χ0n) is 20.9. The first kappa shape index (κ1) is 26.5. The number of halogens is 1. The van der Waals surface area contributed by atoms with E-state index in [2.05, 4.69) is 52.3 Å². The molecule has 0 aromatic carbocycles. The molecule has 1 amide bonds. The normalized spacial score (nSPS) is 38.1. The lowest BCUT2D eigenvalue weighted by molar-refractivity contribution is -0.128. The van der Waals surface area contributed by atoms with Crippen LogP contribution in [0.4, 0.5) is 4.39 Å². The van der Waals surface area contributed by atoms with Crippen molar-refractivity contribution in [3.63, 3.8) is 0 Å². The highest BCUT2D eigenvalue weighted by molar-refractivity contribution is 5.81. The standard InChI is InChI=1S/C24H46FN7O/c1-5-7-24(3,4)20-9-17(25)12-30-15(2)21(22(26)32-20)23(33)31-19-13-27-8-6-18(19)16-10-28-14-29-11-16/h12,15-22,27-29,32H,5-11,13-14,26H2,1-4H3,(H,31,33)/b30-12-. The average molecular weight is 468 g/mol. The first-order chi connectivity index (χ1) is 15.7. The van der Waals surface area contributed by atoms with Gasteiger partial charge in [0.15, 0.2) is 0 Å². The van der Waals surface area contributed by atoms with Crippen molar-refractivity contribution in [2.45, 2.75) is 83.8 Å². The van der Waals surface area contributed by atoms with Gasteiger partial charge in [-0.1, -0.05) is 27.2 Å². The molecular formula is C24H46FN7O. The Kier molecular flexibility index (Phi) is 9.64. The van der Waals surface area contributed by atoms with Crippen LogP contribution < -0.4 is 32.3 Å². The highest BCUT2D eigenvalue weighted by Crippen LogP contribution is 2.31. The van der Waals surface area contributed by atoms with E-state index in [1.54, 1.807) is 0 Å². The number of amides is 1. The fourth-order valence-corrected chi connectivity index (χ4v) is 5.92. The molecule has 190 valence electrons. The fourth-order valence-electron chi connectivity index (χ4n) is 5.92. The molecule has 9 heteroatoms. The second kappa shape index (κ2) is 12.0. The molecule has 3 heterocycles. The smallest absolute Gasteiger partial charge is 0.228 e. The minimum absolute atomic E-state index is 0.0372. The van der Waals surface area contributed by atoms with Gasteiger partial charge in [0.2, 0.25) is 5.91 Å². The first-order valence-corrected chi connectivity index (χ1v) is 12.8. The van der Waals surface area contributed by atoms with Crippen molar-refractivity contribution in [2.75, 3.05) is 32.8 Å². The third kappa shape index (κ3) is 6.94. The Morgan fingerprint density at radius 1 is 1.24 bits per heavy atom. The molecule has 0 aromatic rings. The molecule has 2 fully saturated rings. The number of alkyl halides is 1. The van der Waals surface area contributed by atoms with Crippen molar-refractivity contribution in [2.24, 2.45) is 33.9 Å². The summed E-state index contributed by atoms with van der Waals surface area (Å²) >= 11 is 0. The van der Waals surface area contributed by atoms with Crippen molar-refractivity contribution >= 4 is 12.1 Å². The molecule has 0 radical (unpaired) electrons. The lowest BCUT2D eigenvalue weighted by Crippen LogP contribution is -2.62. The first-order valence-electron chi connectivity index (χ1n) is 12.8. The molecule has 33 heavy (non-hydrogen) atoms. The van der Waals surface area contributed by atoms with Crippen LogP contribution in [0.3, 0.4) is 0 Å². The molecular weight excluding hydrogens is 421 g/mol. The number of carbonyl (C=O) groups excluding carboxylic acids is 1. The Morgan fingerprint density at radius 3 is 2.67 bits per heavy atom. The third-order valence-electron chi connectivity index (χ3n) is 7.92. The van der Waals surface area contributed by atoms with E-state index in [-0.39, 0.29) is 23.4 Å². The number of nitrogens with one attached hydrogen (secondary N) is 5. The number of carbonyl (C=O) groups is 1. The van der Waals surface area contributed by atoms with Gasteiger partial charge in [0.25, 0.3) is 0 Å².